The Morgan fingerprint density at radius 3 is 2.72 bits per heavy atom. The molecule has 0 spiro atoms. The monoisotopic (exact) mass is 400 g/mol. The lowest BCUT2D eigenvalue weighted by molar-refractivity contribution is 0.0586. The van der Waals surface area contributed by atoms with Crippen molar-refractivity contribution >= 4 is 5.91 Å². The minimum atomic E-state index is -1.74. The van der Waals surface area contributed by atoms with Gasteiger partial charge in [0.25, 0.3) is 17.6 Å². The standard InChI is InChI=1S/C19H11F3N4O3/c20-13-5-12(14(21)16(27)15(13)22)18-24-17(25-29-18)19(28)26-7-11(8-26)10-3-1-2-9(4-10)6-23/h1-5,11,27H,7-8H2. The lowest BCUT2D eigenvalue weighted by Crippen LogP contribution is -2.48. The fourth-order valence-electron chi connectivity index (χ4n) is 3.02. The van der Waals surface area contributed by atoms with Crippen molar-refractivity contribution in [1.82, 2.24) is 15.0 Å². The fourth-order valence-corrected chi connectivity index (χ4v) is 3.02. The Labute approximate surface area is 161 Å². The summed E-state index contributed by atoms with van der Waals surface area (Å²) in [6, 6.07) is 9.55. The second-order valence-corrected chi connectivity index (χ2v) is 6.45. The molecule has 1 amide bonds. The predicted molar refractivity (Wildman–Crippen MR) is 91.1 cm³/mol. The van der Waals surface area contributed by atoms with Crippen molar-refractivity contribution < 1.29 is 27.6 Å². The van der Waals surface area contributed by atoms with Gasteiger partial charge in [-0.2, -0.15) is 14.6 Å². The SMILES string of the molecule is N#Cc1cccc(C2CN(C(=O)c3noc(-c4cc(F)c(F)c(O)c4F)n3)C2)c1. The molecule has 0 radical (unpaired) electrons. The molecule has 7 nitrogen and oxygen atoms in total. The molecule has 10 heteroatoms. The van der Waals surface area contributed by atoms with Crippen molar-refractivity contribution in [3.8, 4) is 23.3 Å². The van der Waals surface area contributed by atoms with E-state index in [4.69, 9.17) is 9.78 Å². The van der Waals surface area contributed by atoms with Crippen LogP contribution in [-0.2, 0) is 0 Å². The third kappa shape index (κ3) is 3.16. The van der Waals surface area contributed by atoms with E-state index in [0.29, 0.717) is 24.7 Å². The summed E-state index contributed by atoms with van der Waals surface area (Å²) >= 11 is 0. The molecular formula is C19H11F3N4O3. The molecule has 1 aliphatic rings. The molecule has 146 valence electrons. The normalized spacial score (nSPS) is 13.8. The van der Waals surface area contributed by atoms with Gasteiger partial charge in [-0.25, -0.2) is 8.78 Å². The molecule has 0 bridgehead atoms. The van der Waals surface area contributed by atoms with Crippen LogP contribution in [0.2, 0.25) is 0 Å². The minimum absolute atomic E-state index is 0.0409. The highest BCUT2D eigenvalue weighted by Gasteiger charge is 2.35. The third-order valence-corrected chi connectivity index (χ3v) is 4.64. The molecule has 1 saturated heterocycles. The first kappa shape index (κ1) is 18.5. The van der Waals surface area contributed by atoms with E-state index in [1.165, 1.54) is 4.90 Å². The van der Waals surface area contributed by atoms with E-state index in [-0.39, 0.29) is 11.7 Å². The van der Waals surface area contributed by atoms with Crippen molar-refractivity contribution in [2.24, 2.45) is 0 Å². The van der Waals surface area contributed by atoms with Crippen LogP contribution in [0.3, 0.4) is 0 Å². The van der Waals surface area contributed by atoms with Crippen LogP contribution in [0.4, 0.5) is 13.2 Å². The highest BCUT2D eigenvalue weighted by molar-refractivity contribution is 5.91. The van der Waals surface area contributed by atoms with Crippen LogP contribution >= 0.6 is 0 Å². The fraction of sp³-hybridized carbons (Fsp3) is 0.158. The number of phenols is 1. The van der Waals surface area contributed by atoms with Crippen LogP contribution in [0.15, 0.2) is 34.9 Å². The topological polar surface area (TPSA) is 103 Å². The molecule has 1 aromatic heterocycles. The number of benzene rings is 2. The van der Waals surface area contributed by atoms with Crippen LogP contribution < -0.4 is 0 Å². The van der Waals surface area contributed by atoms with E-state index in [1.54, 1.807) is 18.2 Å². The number of carbonyl (C=O) groups is 1. The summed E-state index contributed by atoms with van der Waals surface area (Å²) in [6.07, 6.45) is 0. The first-order valence-corrected chi connectivity index (χ1v) is 8.39. The molecule has 2 aromatic carbocycles. The zero-order valence-electron chi connectivity index (χ0n) is 14.6. The highest BCUT2D eigenvalue weighted by Crippen LogP contribution is 2.32. The zero-order chi connectivity index (χ0) is 20.7. The van der Waals surface area contributed by atoms with Crippen LogP contribution in [0.5, 0.6) is 5.75 Å². The van der Waals surface area contributed by atoms with Gasteiger partial charge in [-0.05, 0) is 23.8 Å². The van der Waals surface area contributed by atoms with Gasteiger partial charge in [0, 0.05) is 19.0 Å². The molecule has 1 aliphatic heterocycles. The van der Waals surface area contributed by atoms with E-state index in [1.807, 2.05) is 6.07 Å². The van der Waals surface area contributed by atoms with Gasteiger partial charge in [0.1, 0.15) is 0 Å². The van der Waals surface area contributed by atoms with Crippen LogP contribution in [0.1, 0.15) is 27.7 Å². The van der Waals surface area contributed by atoms with Gasteiger partial charge in [-0.1, -0.05) is 17.3 Å². The van der Waals surface area contributed by atoms with E-state index in [2.05, 4.69) is 16.2 Å². The summed E-state index contributed by atoms with van der Waals surface area (Å²) in [5.41, 5.74) is 0.774. The summed E-state index contributed by atoms with van der Waals surface area (Å²) in [5, 5.41) is 21.7. The molecule has 0 saturated carbocycles. The van der Waals surface area contributed by atoms with Crippen molar-refractivity contribution in [3.05, 3.63) is 64.7 Å². The van der Waals surface area contributed by atoms with Crippen molar-refractivity contribution in [2.45, 2.75) is 5.92 Å². The number of carbonyl (C=O) groups excluding carboxylic acids is 1. The maximum absolute atomic E-state index is 14.0. The molecule has 0 atom stereocenters. The average molecular weight is 400 g/mol. The average Bonchev–Trinajstić information content (AvgIpc) is 3.18. The van der Waals surface area contributed by atoms with Crippen LogP contribution in [0.25, 0.3) is 11.5 Å². The second-order valence-electron chi connectivity index (χ2n) is 6.45. The Morgan fingerprint density at radius 2 is 2.00 bits per heavy atom. The van der Waals surface area contributed by atoms with Gasteiger partial charge in [-0.15, -0.1) is 0 Å². The van der Waals surface area contributed by atoms with Gasteiger partial charge in [0.15, 0.2) is 17.4 Å². The van der Waals surface area contributed by atoms with Crippen molar-refractivity contribution in [1.29, 1.82) is 5.26 Å². The second kappa shape index (κ2) is 6.94. The van der Waals surface area contributed by atoms with E-state index in [0.717, 1.165) is 5.56 Å². The van der Waals surface area contributed by atoms with Gasteiger partial charge >= 0.3 is 0 Å². The Morgan fingerprint density at radius 1 is 1.24 bits per heavy atom. The molecule has 1 N–H and O–H groups in total. The molecule has 29 heavy (non-hydrogen) atoms. The van der Waals surface area contributed by atoms with E-state index < -0.39 is 40.6 Å². The molecule has 1 fully saturated rings. The molecule has 0 aliphatic carbocycles. The van der Waals surface area contributed by atoms with Crippen molar-refractivity contribution in [2.75, 3.05) is 13.1 Å². The first-order chi connectivity index (χ1) is 13.9. The lowest BCUT2D eigenvalue weighted by atomic mass is 9.90. The summed E-state index contributed by atoms with van der Waals surface area (Å²) in [4.78, 5) is 17.6. The molecule has 0 unspecified atom stereocenters. The highest BCUT2D eigenvalue weighted by atomic mass is 19.2. The van der Waals surface area contributed by atoms with Gasteiger partial charge in [0.05, 0.1) is 17.2 Å². The maximum atomic E-state index is 14.0. The largest absolute Gasteiger partial charge is 0.503 e. The first-order valence-electron chi connectivity index (χ1n) is 8.39. The number of aromatic hydroxyl groups is 1. The number of rotatable bonds is 3. The number of hydrogen-bond donors (Lipinski definition) is 1. The van der Waals surface area contributed by atoms with Crippen molar-refractivity contribution in [3.63, 3.8) is 0 Å². The minimum Gasteiger partial charge on any atom is -0.503 e. The summed E-state index contributed by atoms with van der Waals surface area (Å²) in [6.45, 7) is 0.718. The van der Waals surface area contributed by atoms with Crippen LogP contribution in [-0.4, -0.2) is 39.1 Å². The van der Waals surface area contributed by atoms with Crippen LogP contribution in [0, 0.1) is 28.8 Å². The summed E-state index contributed by atoms with van der Waals surface area (Å²) in [7, 11) is 0. The molecule has 3 aromatic rings. The Bertz CT molecular complexity index is 1170. The molecular weight excluding hydrogens is 389 g/mol. The predicted octanol–water partition coefficient (Wildman–Crippen LogP) is 2.97. The number of likely N-dealkylation sites (tertiary alicyclic amines) is 1. The number of nitriles is 1. The van der Waals surface area contributed by atoms with E-state index >= 15 is 0 Å². The van der Waals surface area contributed by atoms with Gasteiger partial charge in [0.2, 0.25) is 5.82 Å². The maximum Gasteiger partial charge on any atom is 0.295 e. The van der Waals surface area contributed by atoms with Gasteiger partial charge in [-0.3, -0.25) is 4.79 Å². The Hall–Kier alpha value is -3.87. The smallest absolute Gasteiger partial charge is 0.295 e. The summed E-state index contributed by atoms with van der Waals surface area (Å²) < 4.78 is 45.4. The number of amides is 1. The number of phenolic OH excluding ortho intramolecular Hbond substituents is 1. The number of aromatic nitrogens is 2. The Kier molecular flexibility index (Phi) is 4.43. The molecule has 4 rings (SSSR count). The molecule has 2 heterocycles. The number of nitrogens with zero attached hydrogens (tertiary/aromatic N) is 4. The number of hydrogen-bond acceptors (Lipinski definition) is 6. The van der Waals surface area contributed by atoms with Gasteiger partial charge < -0.3 is 14.5 Å². The zero-order valence-corrected chi connectivity index (χ0v) is 14.6. The Balaban J connectivity index is 1.50. The summed E-state index contributed by atoms with van der Waals surface area (Å²) in [5.74, 6) is -7.74. The van der Waals surface area contributed by atoms with E-state index in [9.17, 15) is 23.1 Å². The lowest BCUT2D eigenvalue weighted by Gasteiger charge is -2.38. The number of halogens is 3. The quantitative estimate of drug-likeness (QED) is 0.678. The third-order valence-electron chi connectivity index (χ3n) is 4.64.